The molecule has 0 atom stereocenters. The molecule has 10 heavy (non-hydrogen) atoms. The van der Waals surface area contributed by atoms with Gasteiger partial charge in [-0.05, 0) is 18.6 Å². The summed E-state index contributed by atoms with van der Waals surface area (Å²) in [5.41, 5.74) is 2.30. The molecule has 1 nitrogen and oxygen atoms in total. The highest BCUT2D eigenvalue weighted by atomic mass is 79.9. The largest absolute Gasteiger partial charge is 0.260 e. The van der Waals surface area contributed by atoms with Crippen LogP contribution >= 0.6 is 31.9 Å². The zero-order valence-electron chi connectivity index (χ0n) is 5.56. The maximum Gasteiger partial charge on any atom is 0.0549 e. The molecule has 1 aromatic heterocycles. The number of aromatic nitrogens is 1. The van der Waals surface area contributed by atoms with Crippen molar-refractivity contribution in [3.05, 3.63) is 28.0 Å². The molecule has 1 aromatic rings. The van der Waals surface area contributed by atoms with Gasteiger partial charge in [0.25, 0.3) is 0 Å². The van der Waals surface area contributed by atoms with E-state index in [1.807, 2.05) is 13.0 Å². The van der Waals surface area contributed by atoms with Crippen molar-refractivity contribution in [1.29, 1.82) is 0 Å². The van der Waals surface area contributed by atoms with Gasteiger partial charge in [-0.2, -0.15) is 0 Å². The number of hydrogen-bond acceptors (Lipinski definition) is 1. The van der Waals surface area contributed by atoms with Gasteiger partial charge in [0.2, 0.25) is 0 Å². The van der Waals surface area contributed by atoms with E-state index in [4.69, 9.17) is 0 Å². The van der Waals surface area contributed by atoms with E-state index in [1.165, 1.54) is 5.56 Å². The molecule has 0 fully saturated rings. The van der Waals surface area contributed by atoms with Gasteiger partial charge in [-0.25, -0.2) is 0 Å². The summed E-state index contributed by atoms with van der Waals surface area (Å²) in [5.74, 6) is 0. The van der Waals surface area contributed by atoms with Crippen LogP contribution in [0.15, 0.2) is 16.7 Å². The second-order valence-electron chi connectivity index (χ2n) is 2.00. The number of pyridine rings is 1. The molecule has 0 saturated heterocycles. The summed E-state index contributed by atoms with van der Waals surface area (Å²) in [4.78, 5) is 4.18. The first-order chi connectivity index (χ1) is 4.75. The third-order valence-corrected chi connectivity index (χ3v) is 2.76. The van der Waals surface area contributed by atoms with Gasteiger partial charge in [-0.1, -0.05) is 31.9 Å². The molecule has 0 N–H and O–H groups in total. The molecular weight excluding hydrogens is 258 g/mol. The summed E-state index contributed by atoms with van der Waals surface area (Å²) >= 11 is 6.79. The summed E-state index contributed by atoms with van der Waals surface area (Å²) < 4.78 is 1.12. The van der Waals surface area contributed by atoms with Crippen molar-refractivity contribution < 1.29 is 0 Å². The minimum atomic E-state index is 0.818. The molecule has 0 aliphatic rings. The van der Waals surface area contributed by atoms with Crippen LogP contribution in [0.4, 0.5) is 0 Å². The first-order valence-electron chi connectivity index (χ1n) is 2.91. The van der Waals surface area contributed by atoms with Crippen LogP contribution in [0.5, 0.6) is 0 Å². The van der Waals surface area contributed by atoms with Crippen LogP contribution < -0.4 is 0 Å². The standard InChI is InChI=1S/C7H7Br2N/c1-5-6(9)2-3-10-7(5)4-8/h2-3H,4H2,1H3. The van der Waals surface area contributed by atoms with Crippen LogP contribution in [0, 0.1) is 6.92 Å². The Bertz CT molecular complexity index is 235. The first kappa shape index (κ1) is 8.21. The van der Waals surface area contributed by atoms with Gasteiger partial charge < -0.3 is 0 Å². The fourth-order valence-corrected chi connectivity index (χ4v) is 1.60. The van der Waals surface area contributed by atoms with Crippen LogP contribution in [0.1, 0.15) is 11.3 Å². The van der Waals surface area contributed by atoms with Crippen molar-refractivity contribution in [2.45, 2.75) is 12.3 Å². The lowest BCUT2D eigenvalue weighted by Gasteiger charge is -2.00. The van der Waals surface area contributed by atoms with E-state index >= 15 is 0 Å². The van der Waals surface area contributed by atoms with Gasteiger partial charge in [0, 0.05) is 16.0 Å². The molecule has 0 unspecified atom stereocenters. The van der Waals surface area contributed by atoms with Crippen LogP contribution in [0.3, 0.4) is 0 Å². The summed E-state index contributed by atoms with van der Waals surface area (Å²) in [5, 5.41) is 0.818. The van der Waals surface area contributed by atoms with Crippen molar-refractivity contribution in [1.82, 2.24) is 4.98 Å². The molecular formula is C7H7Br2N. The van der Waals surface area contributed by atoms with Crippen molar-refractivity contribution in [2.24, 2.45) is 0 Å². The van der Waals surface area contributed by atoms with Crippen molar-refractivity contribution in [2.75, 3.05) is 0 Å². The van der Waals surface area contributed by atoms with Crippen molar-refractivity contribution in [3.8, 4) is 0 Å². The highest BCUT2D eigenvalue weighted by Gasteiger charge is 1.99. The number of halogens is 2. The van der Waals surface area contributed by atoms with Crippen LogP contribution in [0.2, 0.25) is 0 Å². The minimum absolute atomic E-state index is 0.818. The van der Waals surface area contributed by atoms with Gasteiger partial charge in [0.15, 0.2) is 0 Å². The van der Waals surface area contributed by atoms with E-state index in [1.54, 1.807) is 6.20 Å². The van der Waals surface area contributed by atoms with Gasteiger partial charge in [-0.15, -0.1) is 0 Å². The summed E-state index contributed by atoms with van der Waals surface area (Å²) in [6.45, 7) is 2.05. The third kappa shape index (κ3) is 1.58. The van der Waals surface area contributed by atoms with E-state index in [-0.39, 0.29) is 0 Å². The Labute approximate surface area is 77.1 Å². The second-order valence-corrected chi connectivity index (χ2v) is 3.41. The quantitative estimate of drug-likeness (QED) is 0.711. The Morgan fingerprint density at radius 1 is 1.60 bits per heavy atom. The van der Waals surface area contributed by atoms with Gasteiger partial charge >= 0.3 is 0 Å². The molecule has 0 aromatic carbocycles. The number of rotatable bonds is 1. The molecule has 0 aliphatic carbocycles. The predicted octanol–water partition coefficient (Wildman–Crippen LogP) is 3.05. The summed E-state index contributed by atoms with van der Waals surface area (Å²) in [7, 11) is 0. The SMILES string of the molecule is Cc1c(Br)ccnc1CBr. The van der Waals surface area contributed by atoms with E-state index < -0.39 is 0 Å². The predicted molar refractivity (Wildman–Crippen MR) is 49.3 cm³/mol. The highest BCUT2D eigenvalue weighted by molar-refractivity contribution is 9.10. The third-order valence-electron chi connectivity index (χ3n) is 1.37. The summed E-state index contributed by atoms with van der Waals surface area (Å²) in [6.07, 6.45) is 1.80. The van der Waals surface area contributed by atoms with Gasteiger partial charge in [-0.3, -0.25) is 4.98 Å². The molecule has 54 valence electrons. The molecule has 0 amide bonds. The fraction of sp³-hybridized carbons (Fsp3) is 0.286. The molecule has 0 saturated carbocycles. The summed E-state index contributed by atoms with van der Waals surface area (Å²) in [6, 6.07) is 1.95. The Balaban J connectivity index is 3.14. The molecule has 0 radical (unpaired) electrons. The zero-order chi connectivity index (χ0) is 7.56. The molecule has 1 rings (SSSR count). The van der Waals surface area contributed by atoms with Gasteiger partial charge in [0.05, 0.1) is 5.69 Å². The molecule has 0 aliphatic heterocycles. The molecule has 1 heterocycles. The molecule has 3 heteroatoms. The maximum atomic E-state index is 4.18. The average Bonchev–Trinajstić information content (AvgIpc) is 1.95. The maximum absolute atomic E-state index is 4.18. The van der Waals surface area contributed by atoms with Crippen molar-refractivity contribution >= 4 is 31.9 Å². The number of hydrogen-bond donors (Lipinski definition) is 0. The lowest BCUT2D eigenvalue weighted by Crippen LogP contribution is -1.89. The van der Waals surface area contributed by atoms with E-state index in [0.717, 1.165) is 15.5 Å². The molecule has 0 spiro atoms. The normalized spacial score (nSPS) is 9.90. The zero-order valence-corrected chi connectivity index (χ0v) is 8.74. The smallest absolute Gasteiger partial charge is 0.0549 e. The first-order valence-corrected chi connectivity index (χ1v) is 4.83. The minimum Gasteiger partial charge on any atom is -0.260 e. The fourth-order valence-electron chi connectivity index (χ4n) is 0.687. The molecule has 0 bridgehead atoms. The Morgan fingerprint density at radius 2 is 2.30 bits per heavy atom. The Hall–Kier alpha value is 0.110. The second kappa shape index (κ2) is 3.49. The van der Waals surface area contributed by atoms with Gasteiger partial charge in [0.1, 0.15) is 0 Å². The Morgan fingerprint density at radius 3 is 2.80 bits per heavy atom. The van der Waals surface area contributed by atoms with Crippen LogP contribution in [-0.4, -0.2) is 4.98 Å². The van der Waals surface area contributed by atoms with E-state index in [2.05, 4.69) is 36.8 Å². The monoisotopic (exact) mass is 263 g/mol. The average molecular weight is 265 g/mol. The topological polar surface area (TPSA) is 12.9 Å². The Kier molecular flexibility index (Phi) is 2.86. The van der Waals surface area contributed by atoms with Crippen LogP contribution in [0.25, 0.3) is 0 Å². The number of nitrogens with zero attached hydrogens (tertiary/aromatic N) is 1. The van der Waals surface area contributed by atoms with Crippen molar-refractivity contribution in [3.63, 3.8) is 0 Å². The van der Waals surface area contributed by atoms with E-state index in [9.17, 15) is 0 Å². The lowest BCUT2D eigenvalue weighted by molar-refractivity contribution is 1.12. The van der Waals surface area contributed by atoms with Crippen LogP contribution in [-0.2, 0) is 5.33 Å². The van der Waals surface area contributed by atoms with E-state index in [0.29, 0.717) is 0 Å². The lowest BCUT2D eigenvalue weighted by atomic mass is 10.2. The highest BCUT2D eigenvalue weighted by Crippen LogP contribution is 2.18. The number of alkyl halides is 1.